The van der Waals surface area contributed by atoms with Crippen molar-refractivity contribution in [2.45, 2.75) is 20.0 Å². The normalized spacial score (nSPS) is 10.9. The molecule has 0 spiro atoms. The largest absolute Gasteiger partial charge is 0.375 e. The minimum absolute atomic E-state index is 0.117. The van der Waals surface area contributed by atoms with Crippen molar-refractivity contribution in [3.8, 4) is 11.4 Å². The lowest BCUT2D eigenvalue weighted by Crippen LogP contribution is -2.24. The number of pyridine rings is 1. The van der Waals surface area contributed by atoms with Crippen molar-refractivity contribution in [1.29, 1.82) is 0 Å². The number of amides is 2. The Hall–Kier alpha value is -4.11. The van der Waals surface area contributed by atoms with Crippen LogP contribution in [0.1, 0.15) is 22.8 Å². The lowest BCUT2D eigenvalue weighted by atomic mass is 10.1. The molecule has 2 heterocycles. The summed E-state index contributed by atoms with van der Waals surface area (Å²) in [4.78, 5) is 34.4. The smallest absolute Gasteiger partial charge is 0.253 e. The van der Waals surface area contributed by atoms with E-state index >= 15 is 0 Å². The van der Waals surface area contributed by atoms with Gasteiger partial charge in [-0.2, -0.15) is 0 Å². The zero-order valence-electron chi connectivity index (χ0n) is 18.8. The van der Waals surface area contributed by atoms with Crippen molar-refractivity contribution >= 4 is 28.5 Å². The number of methoxy groups -OCH3 is 1. The molecule has 0 bridgehead atoms. The average molecular weight is 461 g/mol. The van der Waals surface area contributed by atoms with E-state index in [0.29, 0.717) is 34.7 Å². The van der Waals surface area contributed by atoms with Gasteiger partial charge in [-0.3, -0.25) is 14.6 Å². The first-order valence-corrected chi connectivity index (χ1v) is 10.8. The van der Waals surface area contributed by atoms with E-state index in [4.69, 9.17) is 9.72 Å². The number of rotatable bonds is 8. The fraction of sp³-hybridized carbons (Fsp3) is 0.200. The van der Waals surface area contributed by atoms with Crippen molar-refractivity contribution in [2.75, 3.05) is 19.0 Å². The number of nitrogens with zero attached hydrogens (tertiary/aromatic N) is 3. The van der Waals surface area contributed by atoms with Crippen molar-refractivity contribution in [1.82, 2.24) is 19.9 Å². The van der Waals surface area contributed by atoms with Gasteiger partial charge in [-0.05, 0) is 48.9 Å². The number of fused-ring (bicyclic) bond motifs is 1. The van der Waals surface area contributed by atoms with E-state index < -0.39 is 0 Å². The second kappa shape index (κ2) is 10.2. The van der Waals surface area contributed by atoms with Crippen LogP contribution in [0.5, 0.6) is 0 Å². The molecule has 0 atom stereocenters. The predicted octanol–water partition coefficient (Wildman–Crippen LogP) is 3.77. The summed E-state index contributed by atoms with van der Waals surface area (Å²) < 4.78 is 20.0. The number of imidazole rings is 1. The SMILES string of the molecule is CCn1c(-c2cccnc2)nc2cc(NC(=O)COC)cc(C(=O)NCc3ccc(F)cc3)c21. The van der Waals surface area contributed by atoms with Crippen molar-refractivity contribution < 1.29 is 18.7 Å². The number of aryl methyl sites for hydroxylation is 1. The van der Waals surface area contributed by atoms with Gasteiger partial charge < -0.3 is 19.9 Å². The van der Waals surface area contributed by atoms with Crippen LogP contribution >= 0.6 is 0 Å². The monoisotopic (exact) mass is 461 g/mol. The summed E-state index contributed by atoms with van der Waals surface area (Å²) in [6.45, 7) is 2.63. The molecule has 0 fully saturated rings. The van der Waals surface area contributed by atoms with Gasteiger partial charge in [0.15, 0.2) is 0 Å². The molecule has 0 aliphatic rings. The highest BCUT2D eigenvalue weighted by molar-refractivity contribution is 6.08. The van der Waals surface area contributed by atoms with E-state index in [1.54, 1.807) is 36.7 Å². The molecule has 9 heteroatoms. The first-order chi connectivity index (χ1) is 16.5. The lowest BCUT2D eigenvalue weighted by molar-refractivity contribution is -0.119. The third kappa shape index (κ3) is 4.94. The highest BCUT2D eigenvalue weighted by atomic mass is 19.1. The molecular weight excluding hydrogens is 437 g/mol. The lowest BCUT2D eigenvalue weighted by Gasteiger charge is -2.12. The quantitative estimate of drug-likeness (QED) is 0.416. The molecule has 174 valence electrons. The number of aromatic nitrogens is 3. The minimum Gasteiger partial charge on any atom is -0.375 e. The standard InChI is InChI=1S/C25H24FN5O3/c1-3-31-23-20(25(33)28-13-16-6-8-18(26)9-7-16)11-19(29-22(32)15-34-2)12-21(23)30-24(31)17-5-4-10-27-14-17/h4-12,14H,3,13,15H2,1-2H3,(H,28,33)(H,29,32). The van der Waals surface area contributed by atoms with Crippen LogP contribution in [0, 0.1) is 5.82 Å². The summed E-state index contributed by atoms with van der Waals surface area (Å²) in [7, 11) is 1.43. The maximum absolute atomic E-state index is 13.3. The van der Waals surface area contributed by atoms with E-state index in [0.717, 1.165) is 11.1 Å². The maximum Gasteiger partial charge on any atom is 0.253 e. The third-order valence-corrected chi connectivity index (χ3v) is 5.25. The number of halogens is 1. The molecule has 0 unspecified atom stereocenters. The molecule has 2 amide bonds. The second-order valence-corrected chi connectivity index (χ2v) is 7.60. The van der Waals surface area contributed by atoms with E-state index in [-0.39, 0.29) is 30.8 Å². The van der Waals surface area contributed by atoms with Gasteiger partial charge in [0.1, 0.15) is 18.2 Å². The summed E-state index contributed by atoms with van der Waals surface area (Å²) in [5.74, 6) is -0.365. The zero-order valence-corrected chi connectivity index (χ0v) is 18.8. The number of anilines is 1. The first-order valence-electron chi connectivity index (χ1n) is 10.8. The highest BCUT2D eigenvalue weighted by Crippen LogP contribution is 2.30. The molecule has 4 rings (SSSR count). The molecule has 0 saturated carbocycles. The summed E-state index contributed by atoms with van der Waals surface area (Å²) in [6.07, 6.45) is 3.39. The van der Waals surface area contributed by atoms with Crippen molar-refractivity contribution in [3.63, 3.8) is 0 Å². The molecule has 2 aromatic heterocycles. The van der Waals surface area contributed by atoms with Gasteiger partial charge in [-0.15, -0.1) is 0 Å². The highest BCUT2D eigenvalue weighted by Gasteiger charge is 2.21. The van der Waals surface area contributed by atoms with E-state index in [1.807, 2.05) is 23.6 Å². The van der Waals surface area contributed by atoms with Crippen LogP contribution < -0.4 is 10.6 Å². The van der Waals surface area contributed by atoms with Crippen molar-refractivity contribution in [3.05, 3.63) is 77.9 Å². The number of ether oxygens (including phenoxy) is 1. The van der Waals surface area contributed by atoms with Gasteiger partial charge in [-0.25, -0.2) is 9.37 Å². The number of carbonyl (C=O) groups is 2. The Balaban J connectivity index is 1.77. The topological polar surface area (TPSA) is 98.1 Å². The summed E-state index contributed by atoms with van der Waals surface area (Å²) in [5, 5.41) is 5.63. The van der Waals surface area contributed by atoms with Gasteiger partial charge in [-0.1, -0.05) is 12.1 Å². The maximum atomic E-state index is 13.3. The summed E-state index contributed by atoms with van der Waals surface area (Å²) in [5.41, 5.74) is 3.56. The molecular formula is C25H24FN5O3. The second-order valence-electron chi connectivity index (χ2n) is 7.60. The molecule has 34 heavy (non-hydrogen) atoms. The summed E-state index contributed by atoms with van der Waals surface area (Å²) in [6, 6.07) is 13.0. The molecule has 4 aromatic rings. The first kappa shape index (κ1) is 23.1. The minimum atomic E-state index is -0.345. The van der Waals surface area contributed by atoms with Crippen LogP contribution in [0.3, 0.4) is 0 Å². The summed E-state index contributed by atoms with van der Waals surface area (Å²) >= 11 is 0. The average Bonchev–Trinajstić information content (AvgIpc) is 3.22. The number of hydrogen-bond acceptors (Lipinski definition) is 5. The van der Waals surface area contributed by atoms with Crippen LogP contribution in [-0.4, -0.2) is 40.1 Å². The fourth-order valence-electron chi connectivity index (χ4n) is 3.74. The van der Waals surface area contributed by atoms with E-state index in [2.05, 4.69) is 15.6 Å². The Morgan fingerprint density at radius 2 is 1.94 bits per heavy atom. The Labute approximate surface area is 195 Å². The Bertz CT molecular complexity index is 1320. The Kier molecular flexibility index (Phi) is 6.93. The molecule has 2 N–H and O–H groups in total. The van der Waals surface area contributed by atoms with Crippen LogP contribution in [-0.2, 0) is 22.6 Å². The zero-order chi connectivity index (χ0) is 24.1. The number of nitrogens with one attached hydrogen (secondary N) is 2. The fourth-order valence-corrected chi connectivity index (χ4v) is 3.74. The Morgan fingerprint density at radius 1 is 1.15 bits per heavy atom. The number of carbonyl (C=O) groups excluding carboxylic acids is 2. The number of hydrogen-bond donors (Lipinski definition) is 2. The van der Waals surface area contributed by atoms with Gasteiger partial charge in [0.2, 0.25) is 5.91 Å². The molecule has 2 aromatic carbocycles. The molecule has 0 aliphatic carbocycles. The van der Waals surface area contributed by atoms with Crippen LogP contribution in [0.2, 0.25) is 0 Å². The van der Waals surface area contributed by atoms with E-state index in [1.165, 1.54) is 19.2 Å². The molecule has 0 aliphatic heterocycles. The Morgan fingerprint density at radius 3 is 2.62 bits per heavy atom. The third-order valence-electron chi connectivity index (χ3n) is 5.25. The molecule has 8 nitrogen and oxygen atoms in total. The molecule has 0 radical (unpaired) electrons. The number of benzene rings is 2. The van der Waals surface area contributed by atoms with Crippen LogP contribution in [0.4, 0.5) is 10.1 Å². The van der Waals surface area contributed by atoms with E-state index in [9.17, 15) is 14.0 Å². The predicted molar refractivity (Wildman–Crippen MR) is 127 cm³/mol. The van der Waals surface area contributed by atoms with Gasteiger partial charge in [0.05, 0.1) is 16.6 Å². The van der Waals surface area contributed by atoms with Gasteiger partial charge in [0, 0.05) is 43.8 Å². The van der Waals surface area contributed by atoms with Crippen molar-refractivity contribution in [2.24, 2.45) is 0 Å². The van der Waals surface area contributed by atoms with Crippen LogP contribution in [0.15, 0.2) is 60.9 Å². The van der Waals surface area contributed by atoms with Gasteiger partial charge >= 0.3 is 0 Å². The van der Waals surface area contributed by atoms with Gasteiger partial charge in [0.25, 0.3) is 5.91 Å². The molecule has 0 saturated heterocycles. The van der Waals surface area contributed by atoms with Crippen LogP contribution in [0.25, 0.3) is 22.4 Å².